The van der Waals surface area contributed by atoms with E-state index in [2.05, 4.69) is 4.98 Å². The molecule has 0 aliphatic carbocycles. The third-order valence-corrected chi connectivity index (χ3v) is 4.62. The first kappa shape index (κ1) is 15.3. The molecule has 0 saturated heterocycles. The molecule has 7 heteroatoms. The van der Waals surface area contributed by atoms with Crippen LogP contribution in [0.15, 0.2) is 33.9 Å². The van der Waals surface area contributed by atoms with Crippen molar-refractivity contribution in [3.05, 3.63) is 61.9 Å². The fraction of sp³-hybridized carbons (Fsp3) is 0.222. The number of pyridine rings is 1. The molecule has 0 saturated carbocycles. The van der Waals surface area contributed by atoms with E-state index in [0.717, 1.165) is 15.7 Å². The minimum atomic E-state index is -0.501. The van der Waals surface area contributed by atoms with Gasteiger partial charge >= 0.3 is 11.7 Å². The van der Waals surface area contributed by atoms with Crippen LogP contribution in [0.4, 0.5) is 0 Å². The largest absolute Gasteiger partial charge is 0.455 e. The maximum absolute atomic E-state index is 12.9. The maximum atomic E-state index is 12.9. The van der Waals surface area contributed by atoms with E-state index in [9.17, 15) is 14.4 Å². The average Bonchev–Trinajstić information content (AvgIpc) is 2.98. The molecular formula is C18H15N3O4. The topological polar surface area (TPSA) is 83.2 Å². The molecule has 0 fully saturated rings. The van der Waals surface area contributed by atoms with Gasteiger partial charge in [0.2, 0.25) is 0 Å². The number of hydrogen-bond donors (Lipinski definition) is 0. The molecule has 3 heterocycles. The zero-order chi connectivity index (χ0) is 17.9. The number of hydrogen-bond acceptors (Lipinski definition) is 5. The Kier molecular flexibility index (Phi) is 3.15. The smallest absolute Gasteiger partial charge is 0.341 e. The van der Waals surface area contributed by atoms with Crippen molar-refractivity contribution in [2.75, 3.05) is 0 Å². The van der Waals surface area contributed by atoms with E-state index in [1.165, 1.54) is 11.6 Å². The molecule has 0 unspecified atom stereocenters. The average molecular weight is 337 g/mol. The van der Waals surface area contributed by atoms with E-state index in [1.807, 2.05) is 31.2 Å². The summed E-state index contributed by atoms with van der Waals surface area (Å²) in [5, 5.41) is 0.247. The van der Waals surface area contributed by atoms with Crippen molar-refractivity contribution in [1.82, 2.24) is 14.1 Å². The molecule has 7 nitrogen and oxygen atoms in total. The normalized spacial score (nSPS) is 13.2. The Labute approximate surface area is 142 Å². The zero-order valence-electron chi connectivity index (χ0n) is 14.0. The number of nitrogens with zero attached hydrogens (tertiary/aromatic N) is 3. The molecule has 2 aromatic heterocycles. The molecular weight excluding hydrogens is 322 g/mol. The second kappa shape index (κ2) is 5.14. The van der Waals surface area contributed by atoms with Crippen LogP contribution < -0.4 is 11.2 Å². The summed E-state index contributed by atoms with van der Waals surface area (Å²) in [5.74, 6) is -0.501. The molecule has 1 aliphatic heterocycles. The van der Waals surface area contributed by atoms with Gasteiger partial charge in [0.15, 0.2) is 0 Å². The van der Waals surface area contributed by atoms with Crippen LogP contribution in [0.1, 0.15) is 21.6 Å². The van der Waals surface area contributed by atoms with Gasteiger partial charge in [0.05, 0.1) is 16.6 Å². The highest BCUT2D eigenvalue weighted by molar-refractivity contribution is 6.08. The number of carbonyl (C=O) groups excluding carboxylic acids is 1. The number of aromatic nitrogens is 3. The molecule has 4 rings (SSSR count). The Balaban J connectivity index is 2.34. The fourth-order valence-corrected chi connectivity index (χ4v) is 3.29. The van der Waals surface area contributed by atoms with Gasteiger partial charge in [-0.25, -0.2) is 14.6 Å². The first-order chi connectivity index (χ1) is 11.9. The summed E-state index contributed by atoms with van der Waals surface area (Å²) in [6, 6.07) is 7.48. The molecule has 0 spiro atoms. The Bertz CT molecular complexity index is 1190. The van der Waals surface area contributed by atoms with Gasteiger partial charge in [0.1, 0.15) is 12.3 Å². The number of benzene rings is 1. The molecule has 25 heavy (non-hydrogen) atoms. The Morgan fingerprint density at radius 1 is 1.04 bits per heavy atom. The highest BCUT2D eigenvalue weighted by Crippen LogP contribution is 2.36. The molecule has 0 radical (unpaired) electrons. The van der Waals surface area contributed by atoms with Crippen molar-refractivity contribution in [3.8, 4) is 11.1 Å². The summed E-state index contributed by atoms with van der Waals surface area (Å²) < 4.78 is 7.49. The summed E-state index contributed by atoms with van der Waals surface area (Å²) in [7, 11) is 2.97. The van der Waals surface area contributed by atoms with Crippen LogP contribution >= 0.6 is 0 Å². The molecule has 3 aromatic rings. The predicted molar refractivity (Wildman–Crippen MR) is 91.5 cm³/mol. The second-order valence-corrected chi connectivity index (χ2v) is 6.10. The van der Waals surface area contributed by atoms with Crippen molar-refractivity contribution in [2.24, 2.45) is 14.1 Å². The van der Waals surface area contributed by atoms with Gasteiger partial charge in [-0.2, -0.15) is 0 Å². The summed E-state index contributed by atoms with van der Waals surface area (Å²) in [4.78, 5) is 41.9. The van der Waals surface area contributed by atoms with Gasteiger partial charge in [-0.05, 0) is 18.1 Å². The van der Waals surface area contributed by atoms with E-state index in [-0.39, 0.29) is 17.6 Å². The summed E-state index contributed by atoms with van der Waals surface area (Å²) in [6.45, 7) is 1.94. The molecule has 0 atom stereocenters. The standard InChI is InChI=1S/C18H15N3O4/c1-9-6-4-5-7-10(9)12-13-11(8-25-17(13)23)19-15-14(12)16(22)21(3)18(24)20(15)2/h4-7H,8H2,1-3H3. The molecule has 0 amide bonds. The molecule has 1 aromatic carbocycles. The quantitative estimate of drug-likeness (QED) is 0.625. The summed E-state index contributed by atoms with van der Waals surface area (Å²) >= 11 is 0. The van der Waals surface area contributed by atoms with Gasteiger partial charge < -0.3 is 4.74 Å². The van der Waals surface area contributed by atoms with Crippen LogP contribution in [0.25, 0.3) is 22.2 Å². The van der Waals surface area contributed by atoms with E-state index in [0.29, 0.717) is 16.8 Å². The Morgan fingerprint density at radius 2 is 1.76 bits per heavy atom. The number of cyclic esters (lactones) is 1. The molecule has 126 valence electrons. The SMILES string of the molecule is Cc1ccccc1-c1c2c(nc3c1c(=O)n(C)c(=O)n3C)COC2=O. The number of fused-ring (bicyclic) bond motifs is 2. The predicted octanol–water partition coefficient (Wildman–Crippen LogP) is 1.28. The zero-order valence-corrected chi connectivity index (χ0v) is 14.0. The van der Waals surface area contributed by atoms with Gasteiger partial charge in [0, 0.05) is 19.7 Å². The Morgan fingerprint density at radius 3 is 2.48 bits per heavy atom. The second-order valence-electron chi connectivity index (χ2n) is 6.10. The minimum Gasteiger partial charge on any atom is -0.455 e. The van der Waals surface area contributed by atoms with Crippen LogP contribution in [0.5, 0.6) is 0 Å². The van der Waals surface area contributed by atoms with E-state index in [4.69, 9.17) is 4.74 Å². The highest BCUT2D eigenvalue weighted by Gasteiger charge is 2.31. The Hall–Kier alpha value is -3.22. The number of carbonyl (C=O) groups is 1. The van der Waals surface area contributed by atoms with Crippen LogP contribution in [0, 0.1) is 6.92 Å². The van der Waals surface area contributed by atoms with E-state index in [1.54, 1.807) is 7.05 Å². The van der Waals surface area contributed by atoms with Gasteiger partial charge in [-0.1, -0.05) is 24.3 Å². The van der Waals surface area contributed by atoms with Gasteiger partial charge in [-0.3, -0.25) is 13.9 Å². The summed E-state index contributed by atoms with van der Waals surface area (Å²) in [5.41, 5.74) is 2.20. The van der Waals surface area contributed by atoms with Crippen LogP contribution in [-0.2, 0) is 25.4 Å². The fourth-order valence-electron chi connectivity index (χ4n) is 3.29. The van der Waals surface area contributed by atoms with E-state index < -0.39 is 17.2 Å². The third-order valence-electron chi connectivity index (χ3n) is 4.62. The molecule has 1 aliphatic rings. The van der Waals surface area contributed by atoms with Crippen molar-refractivity contribution in [3.63, 3.8) is 0 Å². The van der Waals surface area contributed by atoms with Crippen molar-refractivity contribution in [2.45, 2.75) is 13.5 Å². The minimum absolute atomic E-state index is 0.0341. The number of esters is 1. The summed E-state index contributed by atoms with van der Waals surface area (Å²) in [6.07, 6.45) is 0. The molecule has 0 bridgehead atoms. The third kappa shape index (κ3) is 1.98. The lowest BCUT2D eigenvalue weighted by Crippen LogP contribution is -2.37. The van der Waals surface area contributed by atoms with Crippen molar-refractivity contribution < 1.29 is 9.53 Å². The van der Waals surface area contributed by atoms with Crippen molar-refractivity contribution >= 4 is 17.0 Å². The molecule has 0 N–H and O–H groups in total. The highest BCUT2D eigenvalue weighted by atomic mass is 16.5. The monoisotopic (exact) mass is 337 g/mol. The van der Waals surface area contributed by atoms with E-state index >= 15 is 0 Å². The number of rotatable bonds is 1. The van der Waals surface area contributed by atoms with Crippen LogP contribution in [0.3, 0.4) is 0 Å². The van der Waals surface area contributed by atoms with Crippen LogP contribution in [-0.4, -0.2) is 20.1 Å². The van der Waals surface area contributed by atoms with Crippen molar-refractivity contribution in [1.29, 1.82) is 0 Å². The maximum Gasteiger partial charge on any atom is 0.341 e. The first-order valence-corrected chi connectivity index (χ1v) is 7.77. The lowest BCUT2D eigenvalue weighted by molar-refractivity contribution is 0.0534. The van der Waals surface area contributed by atoms with Crippen LogP contribution in [0.2, 0.25) is 0 Å². The number of ether oxygens (including phenoxy) is 1. The lowest BCUT2D eigenvalue weighted by Gasteiger charge is -2.14. The first-order valence-electron chi connectivity index (χ1n) is 7.77. The van der Waals surface area contributed by atoms with Gasteiger partial charge in [-0.15, -0.1) is 0 Å². The van der Waals surface area contributed by atoms with Gasteiger partial charge in [0.25, 0.3) is 5.56 Å². The number of aryl methyl sites for hydroxylation is 2. The lowest BCUT2D eigenvalue weighted by atomic mass is 9.93.